The Kier molecular flexibility index (Phi) is 5.46. The van der Waals surface area contributed by atoms with Crippen LogP contribution in [0, 0.1) is 5.92 Å². The van der Waals surface area contributed by atoms with Gasteiger partial charge in [0.1, 0.15) is 0 Å². The van der Waals surface area contributed by atoms with Crippen LogP contribution < -0.4 is 10.6 Å². The molecule has 1 aliphatic heterocycles. The second-order valence-corrected chi connectivity index (χ2v) is 6.68. The molecule has 0 saturated carbocycles. The van der Waals surface area contributed by atoms with E-state index in [0.29, 0.717) is 17.4 Å². The zero-order valence-corrected chi connectivity index (χ0v) is 15.0. The van der Waals surface area contributed by atoms with E-state index in [1.807, 2.05) is 17.0 Å². The van der Waals surface area contributed by atoms with E-state index in [4.69, 9.17) is 0 Å². The molecule has 1 atom stereocenters. The highest BCUT2D eigenvalue weighted by molar-refractivity contribution is 5.93. The second kappa shape index (κ2) is 7.95. The molecule has 0 spiro atoms. The molecule has 1 saturated heterocycles. The molecule has 3 rings (SSSR count). The fourth-order valence-corrected chi connectivity index (χ4v) is 3.03. The molecule has 2 heterocycles. The minimum atomic E-state index is -0.114. The molecule has 1 aliphatic rings. The molecule has 26 heavy (non-hydrogen) atoms. The summed E-state index contributed by atoms with van der Waals surface area (Å²) in [5.74, 6) is 0.830. The van der Waals surface area contributed by atoms with Gasteiger partial charge in [-0.25, -0.2) is 9.97 Å². The summed E-state index contributed by atoms with van der Waals surface area (Å²) < 4.78 is 0. The lowest BCUT2D eigenvalue weighted by molar-refractivity contribution is -0.114. The van der Waals surface area contributed by atoms with Gasteiger partial charge in [0.15, 0.2) is 0 Å². The lowest BCUT2D eigenvalue weighted by Gasteiger charge is -2.30. The second-order valence-electron chi connectivity index (χ2n) is 6.68. The van der Waals surface area contributed by atoms with Gasteiger partial charge in [0, 0.05) is 43.8 Å². The maximum absolute atomic E-state index is 12.5. The number of aromatic nitrogens is 2. The summed E-state index contributed by atoms with van der Waals surface area (Å²) in [7, 11) is 0. The van der Waals surface area contributed by atoms with Crippen molar-refractivity contribution in [2.24, 2.45) is 5.92 Å². The number of hydrogen-bond donors (Lipinski definition) is 2. The van der Waals surface area contributed by atoms with E-state index >= 15 is 0 Å². The molecule has 1 unspecified atom stereocenters. The average molecular weight is 353 g/mol. The number of nitrogens with zero attached hydrogens (tertiary/aromatic N) is 3. The highest BCUT2D eigenvalue weighted by atomic mass is 16.2. The largest absolute Gasteiger partial charge is 0.338 e. The van der Waals surface area contributed by atoms with Gasteiger partial charge in [-0.1, -0.05) is 6.92 Å². The standard InChI is InChI=1S/C19H23N5O2/c1-13-4-3-9-24(12-13)18(26)15-10-20-19(21-11-15)23-17-7-5-16(6-8-17)22-14(2)25/h5-8,10-11,13H,3-4,9,12H2,1-2H3,(H,22,25)(H,20,21,23). The predicted octanol–water partition coefficient (Wildman–Crippen LogP) is 3.05. The first-order chi connectivity index (χ1) is 12.5. The van der Waals surface area contributed by atoms with Gasteiger partial charge in [0.25, 0.3) is 5.91 Å². The van der Waals surface area contributed by atoms with Crippen LogP contribution in [0.5, 0.6) is 0 Å². The van der Waals surface area contributed by atoms with Crippen LogP contribution >= 0.6 is 0 Å². The number of piperidine rings is 1. The Balaban J connectivity index is 1.62. The molecule has 0 radical (unpaired) electrons. The number of amides is 2. The first kappa shape index (κ1) is 17.8. The lowest BCUT2D eigenvalue weighted by Crippen LogP contribution is -2.39. The Morgan fingerprint density at radius 3 is 2.38 bits per heavy atom. The van der Waals surface area contributed by atoms with Gasteiger partial charge >= 0.3 is 0 Å². The van der Waals surface area contributed by atoms with Crippen LogP contribution in [0.2, 0.25) is 0 Å². The Labute approximate surface area is 152 Å². The van der Waals surface area contributed by atoms with Gasteiger partial charge in [-0.2, -0.15) is 0 Å². The van der Waals surface area contributed by atoms with Crippen molar-refractivity contribution in [2.75, 3.05) is 23.7 Å². The van der Waals surface area contributed by atoms with Gasteiger partial charge < -0.3 is 15.5 Å². The molecule has 1 aromatic carbocycles. The molecule has 1 aromatic heterocycles. The molecular formula is C19H23N5O2. The van der Waals surface area contributed by atoms with Gasteiger partial charge in [0.2, 0.25) is 11.9 Å². The van der Waals surface area contributed by atoms with E-state index in [-0.39, 0.29) is 11.8 Å². The van der Waals surface area contributed by atoms with E-state index in [0.717, 1.165) is 30.9 Å². The monoisotopic (exact) mass is 353 g/mol. The average Bonchev–Trinajstić information content (AvgIpc) is 2.63. The van der Waals surface area contributed by atoms with Crippen molar-refractivity contribution in [3.8, 4) is 0 Å². The third-order valence-electron chi connectivity index (χ3n) is 4.30. The zero-order valence-electron chi connectivity index (χ0n) is 15.0. The molecule has 7 nitrogen and oxygen atoms in total. The van der Waals surface area contributed by atoms with E-state index in [9.17, 15) is 9.59 Å². The number of rotatable bonds is 4. The van der Waals surface area contributed by atoms with Crippen LogP contribution in [-0.4, -0.2) is 39.8 Å². The quantitative estimate of drug-likeness (QED) is 0.882. The minimum Gasteiger partial charge on any atom is -0.338 e. The lowest BCUT2D eigenvalue weighted by atomic mass is 10.00. The minimum absolute atomic E-state index is 0.0113. The smallest absolute Gasteiger partial charge is 0.257 e. The van der Waals surface area contributed by atoms with Crippen molar-refractivity contribution in [1.82, 2.24) is 14.9 Å². The maximum atomic E-state index is 12.5. The SMILES string of the molecule is CC(=O)Nc1ccc(Nc2ncc(C(=O)N3CCCC(C)C3)cn2)cc1. The summed E-state index contributed by atoms with van der Waals surface area (Å²) in [5.41, 5.74) is 2.02. The number of carbonyl (C=O) groups is 2. The highest BCUT2D eigenvalue weighted by Crippen LogP contribution is 2.19. The summed E-state index contributed by atoms with van der Waals surface area (Å²) in [6.45, 7) is 5.22. The molecule has 2 aromatic rings. The van der Waals surface area contributed by atoms with Gasteiger partial charge in [-0.3, -0.25) is 9.59 Å². The van der Waals surface area contributed by atoms with Crippen molar-refractivity contribution in [1.29, 1.82) is 0 Å². The van der Waals surface area contributed by atoms with Gasteiger partial charge in [-0.15, -0.1) is 0 Å². The van der Waals surface area contributed by atoms with Gasteiger partial charge in [0.05, 0.1) is 5.56 Å². The Hall–Kier alpha value is -2.96. The number of hydrogen-bond acceptors (Lipinski definition) is 5. The Morgan fingerprint density at radius 2 is 1.77 bits per heavy atom. The first-order valence-corrected chi connectivity index (χ1v) is 8.77. The number of carbonyl (C=O) groups excluding carboxylic acids is 2. The summed E-state index contributed by atoms with van der Waals surface area (Å²) in [4.78, 5) is 33.9. The Morgan fingerprint density at radius 1 is 1.12 bits per heavy atom. The van der Waals surface area contributed by atoms with Crippen molar-refractivity contribution in [3.63, 3.8) is 0 Å². The molecular weight excluding hydrogens is 330 g/mol. The third kappa shape index (κ3) is 4.56. The molecule has 7 heteroatoms. The van der Waals surface area contributed by atoms with Crippen molar-refractivity contribution >= 4 is 29.1 Å². The van der Waals surface area contributed by atoms with Crippen molar-refractivity contribution in [3.05, 3.63) is 42.2 Å². The number of benzene rings is 1. The van der Waals surface area contributed by atoms with Crippen LogP contribution in [0.25, 0.3) is 0 Å². The van der Waals surface area contributed by atoms with E-state index < -0.39 is 0 Å². The number of anilines is 3. The Bertz CT molecular complexity index is 774. The topological polar surface area (TPSA) is 87.2 Å². The van der Waals surface area contributed by atoms with Gasteiger partial charge in [-0.05, 0) is 43.0 Å². The van der Waals surface area contributed by atoms with E-state index in [1.165, 1.54) is 13.3 Å². The fourth-order valence-electron chi connectivity index (χ4n) is 3.03. The molecule has 0 bridgehead atoms. The maximum Gasteiger partial charge on any atom is 0.257 e. The van der Waals surface area contributed by atoms with E-state index in [1.54, 1.807) is 24.5 Å². The molecule has 2 N–H and O–H groups in total. The van der Waals surface area contributed by atoms with Crippen molar-refractivity contribution < 1.29 is 9.59 Å². The fraction of sp³-hybridized carbons (Fsp3) is 0.368. The van der Waals surface area contributed by atoms with Crippen LogP contribution in [-0.2, 0) is 4.79 Å². The third-order valence-corrected chi connectivity index (χ3v) is 4.30. The van der Waals surface area contributed by atoms with E-state index in [2.05, 4.69) is 27.5 Å². The summed E-state index contributed by atoms with van der Waals surface area (Å²) >= 11 is 0. The number of likely N-dealkylation sites (tertiary alicyclic amines) is 1. The zero-order chi connectivity index (χ0) is 18.5. The van der Waals surface area contributed by atoms with Crippen LogP contribution in [0.4, 0.5) is 17.3 Å². The predicted molar refractivity (Wildman–Crippen MR) is 100 cm³/mol. The molecule has 2 amide bonds. The number of nitrogens with one attached hydrogen (secondary N) is 2. The first-order valence-electron chi connectivity index (χ1n) is 8.77. The van der Waals surface area contributed by atoms with Crippen LogP contribution in [0.15, 0.2) is 36.7 Å². The van der Waals surface area contributed by atoms with Crippen molar-refractivity contribution in [2.45, 2.75) is 26.7 Å². The molecule has 136 valence electrons. The van der Waals surface area contributed by atoms with Crippen LogP contribution in [0.1, 0.15) is 37.0 Å². The molecule has 1 fully saturated rings. The highest BCUT2D eigenvalue weighted by Gasteiger charge is 2.22. The molecule has 0 aliphatic carbocycles. The normalized spacial score (nSPS) is 16.8. The van der Waals surface area contributed by atoms with Crippen LogP contribution in [0.3, 0.4) is 0 Å². The summed E-state index contributed by atoms with van der Waals surface area (Å²) in [5, 5.41) is 5.79. The summed E-state index contributed by atoms with van der Waals surface area (Å²) in [6.07, 6.45) is 5.33. The summed E-state index contributed by atoms with van der Waals surface area (Å²) in [6, 6.07) is 7.23.